The summed E-state index contributed by atoms with van der Waals surface area (Å²) in [5, 5.41) is 11.6. The highest BCUT2D eigenvalue weighted by atomic mass is 16.6. The molecule has 4 aliphatic carbocycles. The van der Waals surface area contributed by atoms with E-state index in [0.29, 0.717) is 23.7 Å². The van der Waals surface area contributed by atoms with Crippen molar-refractivity contribution in [1.82, 2.24) is 0 Å². The number of benzene rings is 1. The first-order valence-corrected chi connectivity index (χ1v) is 12.2. The zero-order valence-corrected chi connectivity index (χ0v) is 19.1. The van der Waals surface area contributed by atoms with Crippen molar-refractivity contribution in [3.05, 3.63) is 41.0 Å². The van der Waals surface area contributed by atoms with Crippen LogP contribution in [0, 0.1) is 17.3 Å². The number of hydrogen-bond donors (Lipinski definition) is 1. The molecule has 0 bridgehead atoms. The number of fused-ring (bicyclic) bond motifs is 5. The van der Waals surface area contributed by atoms with Crippen molar-refractivity contribution in [3.63, 3.8) is 0 Å². The fourth-order valence-electron chi connectivity index (χ4n) is 8.09. The summed E-state index contributed by atoms with van der Waals surface area (Å²) < 4.78 is 6.05. The molecule has 5 aliphatic rings. The molecule has 6 atom stereocenters. The van der Waals surface area contributed by atoms with Crippen LogP contribution in [-0.2, 0) is 9.53 Å². The molecule has 1 spiro atoms. The number of nitrogens with zero attached hydrogens (tertiary/aromatic N) is 1. The molecule has 166 valence electrons. The lowest BCUT2D eigenvalue weighted by atomic mass is 9.53. The zero-order valence-electron chi connectivity index (χ0n) is 19.1. The van der Waals surface area contributed by atoms with Gasteiger partial charge in [-0.25, -0.2) is 0 Å². The summed E-state index contributed by atoms with van der Waals surface area (Å²) in [5.74, 6) is 1.29. The van der Waals surface area contributed by atoms with E-state index in [0.717, 1.165) is 43.5 Å². The van der Waals surface area contributed by atoms with Crippen LogP contribution in [0.25, 0.3) is 0 Å². The Morgan fingerprint density at radius 1 is 1.13 bits per heavy atom. The summed E-state index contributed by atoms with van der Waals surface area (Å²) in [6.45, 7) is 3.42. The number of ether oxygens (including phenoxy) is 1. The second kappa shape index (κ2) is 6.45. The van der Waals surface area contributed by atoms with Gasteiger partial charge < -0.3 is 14.7 Å². The Labute approximate surface area is 185 Å². The van der Waals surface area contributed by atoms with E-state index in [1.165, 1.54) is 24.0 Å². The molecular weight excluding hydrogens is 386 g/mol. The summed E-state index contributed by atoms with van der Waals surface area (Å²) in [4.78, 5) is 15.4. The number of aliphatic hydroxyl groups is 1. The maximum absolute atomic E-state index is 13.3. The van der Waals surface area contributed by atoms with Gasteiger partial charge in [0.25, 0.3) is 0 Å². The van der Waals surface area contributed by atoms with Gasteiger partial charge in [-0.05, 0) is 74.0 Å². The minimum atomic E-state index is -0.910. The Morgan fingerprint density at radius 2 is 1.90 bits per heavy atom. The molecular formula is C27H35NO3. The molecule has 0 aromatic heterocycles. The Kier molecular flexibility index (Phi) is 4.16. The summed E-state index contributed by atoms with van der Waals surface area (Å²) in [5.41, 5.74) is 4.49. The number of para-hydroxylation sites is 1. The Morgan fingerprint density at radius 3 is 2.65 bits per heavy atom. The number of anilines is 1. The second-order valence-corrected chi connectivity index (χ2v) is 11.4. The molecule has 1 aromatic carbocycles. The van der Waals surface area contributed by atoms with Crippen LogP contribution in [0.4, 0.5) is 5.69 Å². The fourth-order valence-corrected chi connectivity index (χ4v) is 8.09. The topological polar surface area (TPSA) is 53.1 Å². The number of carbonyl (C=O) groups excluding carboxylic acids is 1. The third-order valence-corrected chi connectivity index (χ3v) is 9.93. The number of epoxide rings is 1. The van der Waals surface area contributed by atoms with Crippen LogP contribution in [0.3, 0.4) is 0 Å². The Balaban J connectivity index is 1.40. The molecule has 1 aliphatic heterocycles. The number of rotatable bonds is 2. The predicted molar refractivity (Wildman–Crippen MR) is 121 cm³/mol. The molecule has 4 fully saturated rings. The smallest absolute Gasteiger partial charge is 0.143 e. The Bertz CT molecular complexity index is 976. The van der Waals surface area contributed by atoms with Crippen molar-refractivity contribution < 1.29 is 14.6 Å². The van der Waals surface area contributed by atoms with E-state index in [1.54, 1.807) is 0 Å². The van der Waals surface area contributed by atoms with E-state index in [1.807, 2.05) is 26.2 Å². The number of ketones is 1. The van der Waals surface area contributed by atoms with Gasteiger partial charge in [0.15, 0.2) is 0 Å². The van der Waals surface area contributed by atoms with Crippen molar-refractivity contribution in [3.8, 4) is 0 Å². The molecule has 1 saturated heterocycles. The fraction of sp³-hybridized carbons (Fsp3) is 0.667. The Hall–Kier alpha value is -1.65. The molecule has 2 unspecified atom stereocenters. The highest BCUT2D eigenvalue weighted by Crippen LogP contribution is 2.68. The lowest BCUT2D eigenvalue weighted by Gasteiger charge is -2.52. The lowest BCUT2D eigenvalue weighted by Crippen LogP contribution is -2.49. The zero-order chi connectivity index (χ0) is 21.6. The molecule has 3 saturated carbocycles. The summed E-state index contributed by atoms with van der Waals surface area (Å²) in [7, 11) is 4.08. The third-order valence-electron chi connectivity index (χ3n) is 9.93. The van der Waals surface area contributed by atoms with E-state index < -0.39 is 5.60 Å². The van der Waals surface area contributed by atoms with Crippen LogP contribution in [-0.4, -0.2) is 42.8 Å². The minimum Gasteiger partial charge on any atom is -0.385 e. The van der Waals surface area contributed by atoms with E-state index in [-0.39, 0.29) is 23.7 Å². The second-order valence-electron chi connectivity index (χ2n) is 11.4. The van der Waals surface area contributed by atoms with Crippen LogP contribution in [0.5, 0.6) is 0 Å². The third kappa shape index (κ3) is 2.64. The maximum Gasteiger partial charge on any atom is 0.143 e. The van der Waals surface area contributed by atoms with Gasteiger partial charge in [-0.15, -0.1) is 0 Å². The SMILES string of the molecule is CN(C)c1ccccc1C1CC2=C3CC[C@@]4(C)[C@@H](CCC45CO5)[C@@H]3CC[C@@]2(O)CC1=O. The first-order chi connectivity index (χ1) is 14.8. The van der Waals surface area contributed by atoms with Gasteiger partial charge in [0.05, 0.1) is 17.8 Å². The molecule has 4 nitrogen and oxygen atoms in total. The van der Waals surface area contributed by atoms with Crippen LogP contribution in [0.1, 0.15) is 69.8 Å². The number of hydrogen-bond acceptors (Lipinski definition) is 4. The van der Waals surface area contributed by atoms with Gasteiger partial charge in [0.1, 0.15) is 5.78 Å². The lowest BCUT2D eigenvalue weighted by molar-refractivity contribution is -0.127. The van der Waals surface area contributed by atoms with Crippen molar-refractivity contribution in [2.45, 2.75) is 75.4 Å². The van der Waals surface area contributed by atoms with E-state index in [9.17, 15) is 9.90 Å². The first kappa shape index (κ1) is 20.0. The van der Waals surface area contributed by atoms with Crippen LogP contribution in [0.15, 0.2) is 35.4 Å². The monoisotopic (exact) mass is 421 g/mol. The molecule has 0 amide bonds. The average Bonchev–Trinajstić information content (AvgIpc) is 3.47. The summed E-state index contributed by atoms with van der Waals surface area (Å²) in [6.07, 6.45) is 7.42. The van der Waals surface area contributed by atoms with Gasteiger partial charge in [-0.3, -0.25) is 4.79 Å². The minimum absolute atomic E-state index is 0.143. The summed E-state index contributed by atoms with van der Waals surface area (Å²) >= 11 is 0. The molecule has 31 heavy (non-hydrogen) atoms. The van der Waals surface area contributed by atoms with E-state index in [2.05, 4.69) is 24.0 Å². The van der Waals surface area contributed by atoms with E-state index in [4.69, 9.17) is 4.74 Å². The number of Topliss-reactive ketones (excluding diaryl/α,β-unsaturated/α-hetero) is 1. The quantitative estimate of drug-likeness (QED) is 0.559. The average molecular weight is 422 g/mol. The standard InChI is InChI=1S/C27H35NO3/c1-25-11-8-18-17(21(25)10-13-27(25)16-31-27)9-12-26(30)15-24(29)20(14-22(18)26)19-6-4-5-7-23(19)28(2)3/h4-7,17,20-21,30H,8-16H2,1-3H3/t17-,20?,21+,25+,26-,27?/m1/s1. The van der Waals surface area contributed by atoms with Crippen molar-refractivity contribution in [2.75, 3.05) is 25.6 Å². The van der Waals surface area contributed by atoms with Gasteiger partial charge in [0.2, 0.25) is 0 Å². The number of carbonyl (C=O) groups is 1. The number of allylic oxidation sites excluding steroid dienone is 1. The molecule has 1 heterocycles. The molecule has 4 heteroatoms. The molecule has 1 aromatic rings. The van der Waals surface area contributed by atoms with Crippen LogP contribution >= 0.6 is 0 Å². The molecule has 1 N–H and O–H groups in total. The highest BCUT2D eigenvalue weighted by molar-refractivity contribution is 5.90. The predicted octanol–water partition coefficient (Wildman–Crippen LogP) is 4.62. The van der Waals surface area contributed by atoms with E-state index >= 15 is 0 Å². The maximum atomic E-state index is 13.3. The van der Waals surface area contributed by atoms with Crippen LogP contribution < -0.4 is 4.90 Å². The van der Waals surface area contributed by atoms with Gasteiger partial charge in [-0.1, -0.05) is 30.7 Å². The first-order valence-electron chi connectivity index (χ1n) is 12.2. The van der Waals surface area contributed by atoms with Gasteiger partial charge in [-0.2, -0.15) is 0 Å². The van der Waals surface area contributed by atoms with Gasteiger partial charge in [0, 0.05) is 37.5 Å². The molecule has 6 rings (SSSR count). The largest absolute Gasteiger partial charge is 0.385 e. The van der Waals surface area contributed by atoms with Gasteiger partial charge >= 0.3 is 0 Å². The van der Waals surface area contributed by atoms with Crippen molar-refractivity contribution >= 4 is 11.5 Å². The molecule has 0 radical (unpaired) electrons. The summed E-state index contributed by atoms with van der Waals surface area (Å²) in [6, 6.07) is 8.29. The normalized spacial score (nSPS) is 43.5. The van der Waals surface area contributed by atoms with Crippen molar-refractivity contribution in [1.29, 1.82) is 0 Å². The van der Waals surface area contributed by atoms with Crippen LogP contribution in [0.2, 0.25) is 0 Å². The van der Waals surface area contributed by atoms with Crippen molar-refractivity contribution in [2.24, 2.45) is 17.3 Å². The highest BCUT2D eigenvalue weighted by Gasteiger charge is 2.68.